The number of thioether (sulfide) groups is 1. The minimum Gasteiger partial charge on any atom is -0.504 e. The number of aromatic hydroxyl groups is 2. The van der Waals surface area contributed by atoms with Crippen molar-refractivity contribution >= 4 is 17.5 Å². The van der Waals surface area contributed by atoms with Crippen molar-refractivity contribution in [1.29, 1.82) is 0 Å². The Labute approximate surface area is 178 Å². The Morgan fingerprint density at radius 1 is 1.03 bits per heavy atom. The summed E-state index contributed by atoms with van der Waals surface area (Å²) in [7, 11) is 4.19. The van der Waals surface area contributed by atoms with Crippen LogP contribution in [-0.2, 0) is 6.42 Å². The lowest BCUT2D eigenvalue weighted by Gasteiger charge is -2.11. The summed E-state index contributed by atoms with van der Waals surface area (Å²) < 4.78 is 0. The molecule has 1 aromatic carbocycles. The van der Waals surface area contributed by atoms with Gasteiger partial charge in [-0.05, 0) is 76.0 Å². The van der Waals surface area contributed by atoms with Gasteiger partial charge in [-0.15, -0.1) is 11.8 Å². The second kappa shape index (κ2) is 11.8. The van der Waals surface area contributed by atoms with E-state index in [1.54, 1.807) is 11.8 Å². The van der Waals surface area contributed by atoms with Gasteiger partial charge in [-0.1, -0.05) is 26.2 Å². The third-order valence-electron chi connectivity index (χ3n) is 4.64. The van der Waals surface area contributed by atoms with Crippen LogP contribution in [0.2, 0.25) is 0 Å². The summed E-state index contributed by atoms with van der Waals surface area (Å²) in [5, 5.41) is 20.0. The molecule has 2 N–H and O–H groups in total. The summed E-state index contributed by atoms with van der Waals surface area (Å²) in [6, 6.07) is 7.90. The summed E-state index contributed by atoms with van der Waals surface area (Å²) in [6.07, 6.45) is 6.56. The van der Waals surface area contributed by atoms with Crippen molar-refractivity contribution in [1.82, 2.24) is 9.88 Å². The number of aryl methyl sites for hydroxylation is 1. The van der Waals surface area contributed by atoms with E-state index in [2.05, 4.69) is 25.9 Å². The lowest BCUT2D eigenvalue weighted by atomic mass is 10.0. The van der Waals surface area contributed by atoms with Crippen LogP contribution in [0.1, 0.15) is 60.6 Å². The summed E-state index contributed by atoms with van der Waals surface area (Å²) in [5.41, 5.74) is 1.88. The van der Waals surface area contributed by atoms with Gasteiger partial charge in [0, 0.05) is 11.3 Å². The van der Waals surface area contributed by atoms with Crippen LogP contribution in [0, 0.1) is 0 Å². The third kappa shape index (κ3) is 7.37. The number of phenols is 2. The first kappa shape index (κ1) is 23.2. The minimum atomic E-state index is -0.293. The molecule has 158 valence electrons. The number of ketones is 1. The number of hydrogen-bond acceptors (Lipinski definition) is 6. The van der Waals surface area contributed by atoms with Gasteiger partial charge in [-0.3, -0.25) is 4.79 Å². The lowest BCUT2D eigenvalue weighted by molar-refractivity contribution is 0.103. The van der Waals surface area contributed by atoms with E-state index in [-0.39, 0.29) is 17.3 Å². The molecule has 0 fully saturated rings. The van der Waals surface area contributed by atoms with E-state index in [1.807, 2.05) is 12.1 Å². The van der Waals surface area contributed by atoms with Crippen molar-refractivity contribution in [2.75, 3.05) is 26.4 Å². The number of aromatic nitrogens is 1. The smallest absolute Gasteiger partial charge is 0.195 e. The molecular formula is C23H32N2O3S. The Hall–Kier alpha value is -2.05. The van der Waals surface area contributed by atoms with Crippen LogP contribution in [0.15, 0.2) is 35.4 Å². The fourth-order valence-electron chi connectivity index (χ4n) is 3.03. The van der Waals surface area contributed by atoms with E-state index in [4.69, 9.17) is 4.98 Å². The van der Waals surface area contributed by atoms with Gasteiger partial charge in [0.15, 0.2) is 17.3 Å². The molecule has 2 aromatic rings. The second-order valence-corrected chi connectivity index (χ2v) is 8.59. The number of hydrogen-bond donors (Lipinski definition) is 2. The SMILES string of the molecule is CCCc1ccc(C(=O)c2ccc(O)c(O)c2)c(SCCCCCCN(C)C)n1. The molecule has 29 heavy (non-hydrogen) atoms. The van der Waals surface area contributed by atoms with Gasteiger partial charge in [0.25, 0.3) is 0 Å². The van der Waals surface area contributed by atoms with Crippen LogP contribution in [0.3, 0.4) is 0 Å². The molecule has 0 saturated carbocycles. The standard InChI is InChI=1S/C23H32N2O3S/c1-4-9-18-11-12-19(22(28)17-10-13-20(26)21(27)16-17)23(24-18)29-15-8-6-5-7-14-25(2)3/h10-13,16,26-27H,4-9,14-15H2,1-3H3. The highest BCUT2D eigenvalue weighted by molar-refractivity contribution is 7.99. The first-order valence-electron chi connectivity index (χ1n) is 10.3. The number of carbonyl (C=O) groups excluding carboxylic acids is 1. The van der Waals surface area contributed by atoms with Crippen LogP contribution >= 0.6 is 11.8 Å². The van der Waals surface area contributed by atoms with Gasteiger partial charge in [0.05, 0.1) is 5.56 Å². The molecule has 0 spiro atoms. The maximum atomic E-state index is 13.0. The number of unbranched alkanes of at least 4 members (excludes halogenated alkanes) is 3. The number of nitrogens with zero attached hydrogens (tertiary/aromatic N) is 2. The highest BCUT2D eigenvalue weighted by Crippen LogP contribution is 2.29. The molecule has 2 rings (SSSR count). The fourth-order valence-corrected chi connectivity index (χ4v) is 4.07. The van der Waals surface area contributed by atoms with Crippen molar-refractivity contribution in [2.45, 2.75) is 50.5 Å². The van der Waals surface area contributed by atoms with E-state index in [1.165, 1.54) is 37.5 Å². The van der Waals surface area contributed by atoms with Crippen molar-refractivity contribution in [2.24, 2.45) is 0 Å². The molecule has 0 radical (unpaired) electrons. The Balaban J connectivity index is 2.07. The van der Waals surface area contributed by atoms with Crippen LogP contribution in [0.5, 0.6) is 11.5 Å². The third-order valence-corrected chi connectivity index (χ3v) is 5.72. The number of carbonyl (C=O) groups is 1. The number of pyridine rings is 1. The molecule has 0 aliphatic rings. The average molecular weight is 417 g/mol. The van der Waals surface area contributed by atoms with Crippen molar-refractivity contribution in [3.63, 3.8) is 0 Å². The van der Waals surface area contributed by atoms with E-state index < -0.39 is 0 Å². The summed E-state index contributed by atoms with van der Waals surface area (Å²) in [5.74, 6) is 0.204. The Morgan fingerprint density at radius 3 is 2.48 bits per heavy atom. The van der Waals surface area contributed by atoms with Gasteiger partial charge in [0.2, 0.25) is 0 Å². The quantitative estimate of drug-likeness (QED) is 0.222. The van der Waals surface area contributed by atoms with Crippen LogP contribution in [0.4, 0.5) is 0 Å². The maximum Gasteiger partial charge on any atom is 0.195 e. The van der Waals surface area contributed by atoms with Crippen molar-refractivity contribution in [3.05, 3.63) is 47.2 Å². The van der Waals surface area contributed by atoms with Gasteiger partial charge in [-0.2, -0.15) is 0 Å². The molecule has 1 heterocycles. The molecule has 0 amide bonds. The van der Waals surface area contributed by atoms with Gasteiger partial charge in [0.1, 0.15) is 5.03 Å². The normalized spacial score (nSPS) is 11.2. The van der Waals surface area contributed by atoms with Crippen molar-refractivity contribution < 1.29 is 15.0 Å². The zero-order valence-corrected chi connectivity index (χ0v) is 18.5. The molecule has 0 atom stereocenters. The van der Waals surface area contributed by atoms with Gasteiger partial charge in [-0.25, -0.2) is 4.98 Å². The Kier molecular flexibility index (Phi) is 9.48. The number of phenolic OH excluding ortho intramolecular Hbond substituents is 2. The lowest BCUT2D eigenvalue weighted by Crippen LogP contribution is -2.12. The zero-order valence-electron chi connectivity index (χ0n) is 17.6. The van der Waals surface area contributed by atoms with Crippen LogP contribution in [-0.4, -0.2) is 52.3 Å². The highest BCUT2D eigenvalue weighted by Gasteiger charge is 2.17. The monoisotopic (exact) mass is 416 g/mol. The fraction of sp³-hybridized carbons (Fsp3) is 0.478. The van der Waals surface area contributed by atoms with Crippen LogP contribution < -0.4 is 0 Å². The van der Waals surface area contributed by atoms with Gasteiger partial charge < -0.3 is 15.1 Å². The van der Waals surface area contributed by atoms with E-state index in [9.17, 15) is 15.0 Å². The zero-order chi connectivity index (χ0) is 21.2. The Morgan fingerprint density at radius 2 is 1.79 bits per heavy atom. The van der Waals surface area contributed by atoms with E-state index >= 15 is 0 Å². The molecular weight excluding hydrogens is 384 g/mol. The van der Waals surface area contributed by atoms with Crippen molar-refractivity contribution in [3.8, 4) is 11.5 Å². The largest absolute Gasteiger partial charge is 0.504 e. The molecule has 5 nitrogen and oxygen atoms in total. The predicted molar refractivity (Wildman–Crippen MR) is 119 cm³/mol. The first-order valence-corrected chi connectivity index (χ1v) is 11.2. The molecule has 6 heteroatoms. The summed E-state index contributed by atoms with van der Waals surface area (Å²) in [4.78, 5) is 19.9. The molecule has 0 aliphatic heterocycles. The second-order valence-electron chi connectivity index (χ2n) is 7.50. The molecule has 0 aliphatic carbocycles. The molecule has 1 aromatic heterocycles. The van der Waals surface area contributed by atoms with E-state index in [0.29, 0.717) is 11.1 Å². The Bertz CT molecular complexity index is 809. The van der Waals surface area contributed by atoms with Gasteiger partial charge >= 0.3 is 0 Å². The topological polar surface area (TPSA) is 73.7 Å². The number of benzene rings is 1. The van der Waals surface area contributed by atoms with E-state index in [0.717, 1.165) is 42.3 Å². The predicted octanol–water partition coefficient (Wildman–Crippen LogP) is 4.89. The maximum absolute atomic E-state index is 13.0. The van der Waals surface area contributed by atoms with Crippen LogP contribution in [0.25, 0.3) is 0 Å². The molecule has 0 unspecified atom stereocenters. The summed E-state index contributed by atoms with van der Waals surface area (Å²) >= 11 is 1.63. The molecule has 0 bridgehead atoms. The first-order chi connectivity index (χ1) is 13.9. The summed E-state index contributed by atoms with van der Waals surface area (Å²) in [6.45, 7) is 3.23. The molecule has 0 saturated heterocycles. The highest BCUT2D eigenvalue weighted by atomic mass is 32.2. The number of rotatable bonds is 12. The minimum absolute atomic E-state index is 0.190. The average Bonchev–Trinajstić information content (AvgIpc) is 2.69.